The Morgan fingerprint density at radius 2 is 1.88 bits per heavy atom. The molecule has 0 spiro atoms. The molecule has 2 heteroatoms. The fraction of sp³-hybridized carbons (Fsp3) is 0.200. The Hall–Kier alpha value is -1.03. The lowest BCUT2D eigenvalue weighted by molar-refractivity contribution is 1.11. The lowest BCUT2D eigenvalue weighted by Crippen LogP contribution is -2.01. The molecule has 0 heterocycles. The van der Waals surface area contributed by atoms with Crippen LogP contribution in [0.1, 0.15) is 16.7 Å². The van der Waals surface area contributed by atoms with Crippen LogP contribution in [0.25, 0.3) is 0 Å². The van der Waals surface area contributed by atoms with Crippen LogP contribution in [0.3, 0.4) is 0 Å². The van der Waals surface area contributed by atoms with Gasteiger partial charge in [-0.15, -0.1) is 0 Å². The second kappa shape index (κ2) is 5.54. The molecule has 2 aromatic rings. The molecule has 0 aliphatic heterocycles. The molecule has 0 aromatic heterocycles. The first-order valence-corrected chi connectivity index (χ1v) is 6.78. The van der Waals surface area contributed by atoms with Gasteiger partial charge in [0.05, 0.1) is 0 Å². The zero-order valence-corrected chi connectivity index (χ0v) is 12.3. The van der Waals surface area contributed by atoms with Gasteiger partial charge in [-0.3, -0.25) is 0 Å². The standard InChI is InChI=1S/C15H16IN/c1-11-6-7-12(2)13(8-11)10-17-15-5-3-4-14(16)9-15/h3-9,17H,10H2,1-2H3. The minimum absolute atomic E-state index is 0.883. The van der Waals surface area contributed by atoms with Crippen LogP contribution in [0.4, 0.5) is 5.69 Å². The summed E-state index contributed by atoms with van der Waals surface area (Å²) in [5, 5.41) is 3.47. The molecule has 88 valence electrons. The average molecular weight is 337 g/mol. The molecule has 2 aromatic carbocycles. The monoisotopic (exact) mass is 337 g/mol. The average Bonchev–Trinajstić information content (AvgIpc) is 2.30. The van der Waals surface area contributed by atoms with Crippen molar-refractivity contribution in [1.29, 1.82) is 0 Å². The summed E-state index contributed by atoms with van der Waals surface area (Å²) < 4.78 is 1.26. The van der Waals surface area contributed by atoms with Gasteiger partial charge in [-0.05, 0) is 65.8 Å². The molecule has 2 rings (SSSR count). The number of hydrogen-bond acceptors (Lipinski definition) is 1. The van der Waals surface area contributed by atoms with E-state index in [2.05, 4.69) is 84.2 Å². The van der Waals surface area contributed by atoms with Crippen LogP contribution in [0.15, 0.2) is 42.5 Å². The maximum atomic E-state index is 3.47. The fourth-order valence-electron chi connectivity index (χ4n) is 1.79. The van der Waals surface area contributed by atoms with E-state index in [1.54, 1.807) is 0 Å². The number of anilines is 1. The van der Waals surface area contributed by atoms with Crippen LogP contribution >= 0.6 is 22.6 Å². The van der Waals surface area contributed by atoms with Gasteiger partial charge in [0.1, 0.15) is 0 Å². The molecule has 1 nitrogen and oxygen atoms in total. The third kappa shape index (κ3) is 3.46. The highest BCUT2D eigenvalue weighted by Crippen LogP contribution is 2.16. The molecule has 0 aliphatic rings. The maximum Gasteiger partial charge on any atom is 0.0403 e. The molecule has 0 saturated carbocycles. The molecule has 0 saturated heterocycles. The Morgan fingerprint density at radius 1 is 1.06 bits per heavy atom. The van der Waals surface area contributed by atoms with Crippen molar-refractivity contribution in [3.8, 4) is 0 Å². The lowest BCUT2D eigenvalue weighted by Gasteiger charge is -2.10. The third-order valence-corrected chi connectivity index (χ3v) is 3.48. The molecule has 0 fully saturated rings. The number of benzene rings is 2. The normalized spacial score (nSPS) is 10.3. The Kier molecular flexibility index (Phi) is 4.05. The van der Waals surface area contributed by atoms with Crippen LogP contribution in [0.2, 0.25) is 0 Å². The quantitative estimate of drug-likeness (QED) is 0.812. The van der Waals surface area contributed by atoms with Crippen molar-refractivity contribution in [3.05, 3.63) is 62.7 Å². The van der Waals surface area contributed by atoms with Gasteiger partial charge in [0.2, 0.25) is 0 Å². The molecule has 0 aliphatic carbocycles. The zero-order chi connectivity index (χ0) is 12.3. The SMILES string of the molecule is Cc1ccc(C)c(CNc2cccc(I)c2)c1. The van der Waals surface area contributed by atoms with Crippen LogP contribution in [-0.4, -0.2) is 0 Å². The van der Waals surface area contributed by atoms with Gasteiger partial charge in [-0.25, -0.2) is 0 Å². The molecule has 17 heavy (non-hydrogen) atoms. The van der Waals surface area contributed by atoms with Crippen molar-refractivity contribution >= 4 is 28.3 Å². The first-order valence-electron chi connectivity index (χ1n) is 5.71. The van der Waals surface area contributed by atoms with Crippen LogP contribution in [0.5, 0.6) is 0 Å². The van der Waals surface area contributed by atoms with E-state index in [0.29, 0.717) is 0 Å². The van der Waals surface area contributed by atoms with Crippen molar-refractivity contribution in [2.45, 2.75) is 20.4 Å². The summed E-state index contributed by atoms with van der Waals surface area (Å²) in [4.78, 5) is 0. The van der Waals surface area contributed by atoms with E-state index >= 15 is 0 Å². The summed E-state index contributed by atoms with van der Waals surface area (Å²) in [6.45, 7) is 5.17. The van der Waals surface area contributed by atoms with Gasteiger partial charge >= 0.3 is 0 Å². The van der Waals surface area contributed by atoms with E-state index in [0.717, 1.165) is 6.54 Å². The smallest absolute Gasteiger partial charge is 0.0403 e. The van der Waals surface area contributed by atoms with E-state index in [9.17, 15) is 0 Å². The lowest BCUT2D eigenvalue weighted by atomic mass is 10.1. The van der Waals surface area contributed by atoms with Gasteiger partial charge in [-0.2, -0.15) is 0 Å². The third-order valence-electron chi connectivity index (χ3n) is 2.81. The van der Waals surface area contributed by atoms with Crippen LogP contribution in [0, 0.1) is 17.4 Å². The fourth-order valence-corrected chi connectivity index (χ4v) is 2.33. The largest absolute Gasteiger partial charge is 0.381 e. The number of nitrogens with one attached hydrogen (secondary N) is 1. The van der Waals surface area contributed by atoms with Gasteiger partial charge < -0.3 is 5.32 Å². The van der Waals surface area contributed by atoms with E-state index in [4.69, 9.17) is 0 Å². The summed E-state index contributed by atoms with van der Waals surface area (Å²) >= 11 is 2.33. The topological polar surface area (TPSA) is 12.0 Å². The van der Waals surface area contributed by atoms with Gasteiger partial charge in [0, 0.05) is 15.8 Å². The predicted molar refractivity (Wildman–Crippen MR) is 82.4 cm³/mol. The minimum Gasteiger partial charge on any atom is -0.381 e. The first-order chi connectivity index (χ1) is 8.15. The highest BCUT2D eigenvalue weighted by atomic mass is 127. The van der Waals surface area contributed by atoms with Crippen molar-refractivity contribution < 1.29 is 0 Å². The van der Waals surface area contributed by atoms with E-state index in [1.807, 2.05) is 0 Å². The van der Waals surface area contributed by atoms with Crippen molar-refractivity contribution in [3.63, 3.8) is 0 Å². The summed E-state index contributed by atoms with van der Waals surface area (Å²) in [5.74, 6) is 0. The summed E-state index contributed by atoms with van der Waals surface area (Å²) in [7, 11) is 0. The number of rotatable bonds is 3. The number of aryl methyl sites for hydroxylation is 2. The highest BCUT2D eigenvalue weighted by Gasteiger charge is 1.99. The summed E-state index contributed by atoms with van der Waals surface area (Å²) in [6, 6.07) is 15.0. The van der Waals surface area contributed by atoms with Crippen LogP contribution in [-0.2, 0) is 6.54 Å². The summed E-state index contributed by atoms with van der Waals surface area (Å²) in [5.41, 5.74) is 5.20. The van der Waals surface area contributed by atoms with Gasteiger partial charge in [0.15, 0.2) is 0 Å². The molecule has 0 radical (unpaired) electrons. The Balaban J connectivity index is 2.09. The molecular formula is C15H16IN. The Bertz CT molecular complexity index is 520. The van der Waals surface area contributed by atoms with E-state index in [1.165, 1.54) is 25.9 Å². The van der Waals surface area contributed by atoms with Gasteiger partial charge in [0.25, 0.3) is 0 Å². The molecular weight excluding hydrogens is 321 g/mol. The maximum absolute atomic E-state index is 3.47. The second-order valence-corrected chi connectivity index (χ2v) is 5.54. The van der Waals surface area contributed by atoms with Crippen molar-refractivity contribution in [2.24, 2.45) is 0 Å². The molecule has 0 bridgehead atoms. The predicted octanol–water partition coefficient (Wildman–Crippen LogP) is 4.52. The van der Waals surface area contributed by atoms with Crippen molar-refractivity contribution in [1.82, 2.24) is 0 Å². The Labute approximate surface area is 116 Å². The number of hydrogen-bond donors (Lipinski definition) is 1. The first kappa shape index (κ1) is 12.4. The van der Waals surface area contributed by atoms with Crippen LogP contribution < -0.4 is 5.32 Å². The Morgan fingerprint density at radius 3 is 2.65 bits per heavy atom. The molecule has 1 N–H and O–H groups in total. The van der Waals surface area contributed by atoms with E-state index in [-0.39, 0.29) is 0 Å². The second-order valence-electron chi connectivity index (χ2n) is 4.29. The zero-order valence-electron chi connectivity index (χ0n) is 10.1. The molecule has 0 atom stereocenters. The highest BCUT2D eigenvalue weighted by molar-refractivity contribution is 14.1. The molecule has 0 amide bonds. The minimum atomic E-state index is 0.883. The van der Waals surface area contributed by atoms with Gasteiger partial charge in [-0.1, -0.05) is 29.8 Å². The van der Waals surface area contributed by atoms with Crippen molar-refractivity contribution in [2.75, 3.05) is 5.32 Å². The molecule has 0 unspecified atom stereocenters. The van der Waals surface area contributed by atoms with E-state index < -0.39 is 0 Å². The summed E-state index contributed by atoms with van der Waals surface area (Å²) in [6.07, 6.45) is 0. The number of halogens is 1.